The molecule has 160 valence electrons. The Labute approximate surface area is 182 Å². The molecule has 0 amide bonds. The number of fused-ring (bicyclic) bond motifs is 2. The molecule has 0 saturated carbocycles. The average molecular weight is 405 g/mol. The third kappa shape index (κ3) is 3.64. The van der Waals surface area contributed by atoms with Crippen LogP contribution < -0.4 is 9.80 Å². The maximum atomic E-state index is 13.3. The van der Waals surface area contributed by atoms with E-state index < -0.39 is 0 Å². The van der Waals surface area contributed by atoms with Gasteiger partial charge in [-0.25, -0.2) is 0 Å². The zero-order chi connectivity index (χ0) is 21.7. The van der Waals surface area contributed by atoms with Crippen molar-refractivity contribution in [1.82, 2.24) is 0 Å². The van der Waals surface area contributed by atoms with Crippen molar-refractivity contribution in [2.45, 2.75) is 76.3 Å². The second-order valence-corrected chi connectivity index (χ2v) is 10.7. The first-order valence-electron chi connectivity index (χ1n) is 11.3. The van der Waals surface area contributed by atoms with Crippen molar-refractivity contribution in [3.8, 4) is 0 Å². The molecule has 2 unspecified atom stereocenters. The highest BCUT2D eigenvalue weighted by molar-refractivity contribution is 5.81. The van der Waals surface area contributed by atoms with Gasteiger partial charge in [0.05, 0.1) is 0 Å². The fourth-order valence-corrected chi connectivity index (χ4v) is 5.80. The van der Waals surface area contributed by atoms with Crippen LogP contribution in [-0.2, 0) is 15.6 Å². The largest absolute Gasteiger partial charge is 0.371 e. The number of ketones is 1. The number of hydrogen-bond acceptors (Lipinski definition) is 3. The summed E-state index contributed by atoms with van der Waals surface area (Å²) in [6, 6.07) is 17.8. The fraction of sp³-hybridized carbons (Fsp3) is 0.519. The molecule has 2 aliphatic heterocycles. The smallest absolute Gasteiger partial charge is 0.137 e. The number of rotatable bonds is 4. The van der Waals surface area contributed by atoms with Gasteiger partial charge in [-0.2, -0.15) is 0 Å². The van der Waals surface area contributed by atoms with Crippen LogP contribution in [0.4, 0.5) is 11.4 Å². The molecule has 2 atom stereocenters. The van der Waals surface area contributed by atoms with Gasteiger partial charge in [0.25, 0.3) is 0 Å². The Morgan fingerprint density at radius 3 is 1.53 bits per heavy atom. The molecule has 0 N–H and O–H groups in total. The van der Waals surface area contributed by atoms with Crippen LogP contribution in [0.3, 0.4) is 0 Å². The van der Waals surface area contributed by atoms with E-state index in [1.165, 1.54) is 22.5 Å². The van der Waals surface area contributed by atoms with Gasteiger partial charge in [-0.1, -0.05) is 64.1 Å². The van der Waals surface area contributed by atoms with E-state index in [0.717, 1.165) is 12.8 Å². The van der Waals surface area contributed by atoms with Gasteiger partial charge in [-0.3, -0.25) is 4.79 Å². The Balaban J connectivity index is 1.49. The number of para-hydroxylation sites is 2. The highest BCUT2D eigenvalue weighted by Crippen LogP contribution is 2.44. The SMILES string of the molecule is CN1c2ccccc2C(C)(C)CC1CC(=O)CC1CC(C)(C)c2ccccc2N1C. The highest BCUT2D eigenvalue weighted by atomic mass is 16.1. The zero-order valence-corrected chi connectivity index (χ0v) is 19.4. The molecule has 0 fully saturated rings. The predicted molar refractivity (Wildman–Crippen MR) is 127 cm³/mol. The van der Waals surface area contributed by atoms with Gasteiger partial charge in [-0.05, 0) is 46.9 Å². The van der Waals surface area contributed by atoms with Crippen LogP contribution in [0.5, 0.6) is 0 Å². The Kier molecular flexibility index (Phi) is 5.20. The first kappa shape index (κ1) is 21.0. The van der Waals surface area contributed by atoms with E-state index in [0.29, 0.717) is 18.6 Å². The zero-order valence-electron chi connectivity index (χ0n) is 19.4. The third-order valence-corrected chi connectivity index (χ3v) is 7.54. The maximum Gasteiger partial charge on any atom is 0.137 e. The summed E-state index contributed by atoms with van der Waals surface area (Å²) in [5, 5.41) is 0. The first-order chi connectivity index (χ1) is 14.1. The van der Waals surface area contributed by atoms with E-state index in [9.17, 15) is 4.79 Å². The lowest BCUT2D eigenvalue weighted by Crippen LogP contribution is -2.46. The van der Waals surface area contributed by atoms with Gasteiger partial charge in [0.15, 0.2) is 0 Å². The van der Waals surface area contributed by atoms with Crippen LogP contribution in [0.2, 0.25) is 0 Å². The van der Waals surface area contributed by atoms with Gasteiger partial charge < -0.3 is 9.80 Å². The summed E-state index contributed by atoms with van der Waals surface area (Å²) in [7, 11) is 4.30. The summed E-state index contributed by atoms with van der Waals surface area (Å²) >= 11 is 0. The second kappa shape index (κ2) is 7.44. The monoisotopic (exact) mass is 404 g/mol. The predicted octanol–water partition coefficient (Wildman–Crippen LogP) is 5.71. The van der Waals surface area contributed by atoms with Crippen molar-refractivity contribution >= 4 is 17.2 Å². The molecule has 0 spiro atoms. The van der Waals surface area contributed by atoms with Gasteiger partial charge in [0.2, 0.25) is 0 Å². The summed E-state index contributed by atoms with van der Waals surface area (Å²) < 4.78 is 0. The highest BCUT2D eigenvalue weighted by Gasteiger charge is 2.39. The lowest BCUT2D eigenvalue weighted by molar-refractivity contribution is -0.120. The molecule has 0 aliphatic carbocycles. The van der Waals surface area contributed by atoms with Crippen LogP contribution in [0.25, 0.3) is 0 Å². The molecular weight excluding hydrogens is 368 g/mol. The van der Waals surface area contributed by atoms with Gasteiger partial charge in [0, 0.05) is 50.4 Å². The summed E-state index contributed by atoms with van der Waals surface area (Å²) in [5.74, 6) is 0.383. The average Bonchev–Trinajstić information content (AvgIpc) is 2.70. The maximum absolute atomic E-state index is 13.3. The van der Waals surface area contributed by atoms with Crippen LogP contribution in [-0.4, -0.2) is 32.0 Å². The number of benzene rings is 2. The molecule has 3 heteroatoms. The second-order valence-electron chi connectivity index (χ2n) is 10.7. The quantitative estimate of drug-likeness (QED) is 0.652. The van der Waals surface area contributed by atoms with Crippen molar-refractivity contribution in [3.05, 3.63) is 59.7 Å². The number of carbonyl (C=O) groups is 1. The fourth-order valence-electron chi connectivity index (χ4n) is 5.80. The van der Waals surface area contributed by atoms with Crippen LogP contribution in [0.15, 0.2) is 48.5 Å². The van der Waals surface area contributed by atoms with E-state index in [4.69, 9.17) is 0 Å². The Morgan fingerprint density at radius 1 is 0.767 bits per heavy atom. The minimum atomic E-state index is 0.0939. The Morgan fingerprint density at radius 2 is 1.13 bits per heavy atom. The summed E-state index contributed by atoms with van der Waals surface area (Å²) in [4.78, 5) is 17.9. The van der Waals surface area contributed by atoms with E-state index >= 15 is 0 Å². The number of hydrogen-bond donors (Lipinski definition) is 0. The summed E-state index contributed by atoms with van der Waals surface area (Å²) in [6.45, 7) is 9.24. The number of Topliss-reactive ketones (excluding diaryl/α,β-unsaturated/α-hetero) is 1. The molecular formula is C27H36N2O. The first-order valence-corrected chi connectivity index (χ1v) is 11.3. The topological polar surface area (TPSA) is 23.6 Å². The molecule has 30 heavy (non-hydrogen) atoms. The minimum absolute atomic E-state index is 0.0939. The van der Waals surface area contributed by atoms with Crippen molar-refractivity contribution in [3.63, 3.8) is 0 Å². The molecule has 0 aromatic heterocycles. The van der Waals surface area contributed by atoms with Crippen molar-refractivity contribution in [2.75, 3.05) is 23.9 Å². The summed E-state index contributed by atoms with van der Waals surface area (Å²) in [5.41, 5.74) is 5.52. The van der Waals surface area contributed by atoms with Gasteiger partial charge in [-0.15, -0.1) is 0 Å². The molecule has 3 nitrogen and oxygen atoms in total. The van der Waals surface area contributed by atoms with Crippen LogP contribution in [0.1, 0.15) is 64.5 Å². The molecule has 2 heterocycles. The summed E-state index contributed by atoms with van der Waals surface area (Å²) in [6.07, 6.45) is 3.28. The van der Waals surface area contributed by atoms with Gasteiger partial charge >= 0.3 is 0 Å². The van der Waals surface area contributed by atoms with Gasteiger partial charge in [0.1, 0.15) is 5.78 Å². The van der Waals surface area contributed by atoms with E-state index in [1.807, 2.05) is 0 Å². The number of nitrogens with zero attached hydrogens (tertiary/aromatic N) is 2. The Bertz CT molecular complexity index is 870. The molecule has 0 bridgehead atoms. The molecule has 0 saturated heterocycles. The normalized spacial score (nSPS) is 24.2. The molecule has 2 aromatic carbocycles. The van der Waals surface area contributed by atoms with Crippen molar-refractivity contribution in [2.24, 2.45) is 0 Å². The minimum Gasteiger partial charge on any atom is -0.371 e. The van der Waals surface area contributed by atoms with Crippen molar-refractivity contribution < 1.29 is 4.79 Å². The Hall–Kier alpha value is -2.29. The third-order valence-electron chi connectivity index (χ3n) is 7.54. The van der Waals surface area contributed by atoms with Crippen molar-refractivity contribution in [1.29, 1.82) is 0 Å². The molecule has 2 aliphatic rings. The van der Waals surface area contributed by atoms with E-state index in [-0.39, 0.29) is 22.9 Å². The molecule has 4 rings (SSSR count). The van der Waals surface area contributed by atoms with Crippen LogP contribution >= 0.6 is 0 Å². The lowest BCUT2D eigenvalue weighted by Gasteiger charge is -2.45. The number of carbonyl (C=O) groups excluding carboxylic acids is 1. The standard InChI is InChI=1S/C27H36N2O/c1-26(2)17-19(28(5)24-13-9-7-11-22(24)26)15-21(30)16-20-18-27(3,4)23-12-8-10-14-25(23)29(20)6/h7-14,19-20H,15-18H2,1-6H3. The number of anilines is 2. The van der Waals surface area contributed by atoms with E-state index in [1.54, 1.807) is 0 Å². The van der Waals surface area contributed by atoms with Crippen LogP contribution in [0, 0.1) is 0 Å². The molecule has 0 radical (unpaired) electrons. The lowest BCUT2D eigenvalue weighted by atomic mass is 9.72. The van der Waals surface area contributed by atoms with E-state index in [2.05, 4.69) is 100 Å². The molecule has 2 aromatic rings.